The van der Waals surface area contributed by atoms with E-state index in [0.717, 1.165) is 37.8 Å². The number of sulfonamides is 1. The van der Waals surface area contributed by atoms with E-state index in [9.17, 15) is 8.42 Å². The molecule has 2 atom stereocenters. The van der Waals surface area contributed by atoms with Crippen molar-refractivity contribution in [2.45, 2.75) is 39.2 Å². The Kier molecular flexibility index (Phi) is 5.48. The summed E-state index contributed by atoms with van der Waals surface area (Å²) in [7, 11) is -3.03. The monoisotopic (exact) mass is 316 g/mol. The van der Waals surface area contributed by atoms with Gasteiger partial charge in [0, 0.05) is 32.2 Å². The second-order valence-corrected chi connectivity index (χ2v) is 8.27. The van der Waals surface area contributed by atoms with Crippen LogP contribution in [0.1, 0.15) is 33.1 Å². The fourth-order valence-electron chi connectivity index (χ4n) is 2.66. The molecule has 0 spiro atoms. The fourth-order valence-corrected chi connectivity index (χ4v) is 3.54. The van der Waals surface area contributed by atoms with E-state index >= 15 is 0 Å². The number of guanidine groups is 1. The van der Waals surface area contributed by atoms with Crippen LogP contribution in [0.4, 0.5) is 0 Å². The Bertz CT molecular complexity index is 469. The van der Waals surface area contributed by atoms with Crippen molar-refractivity contribution in [3.05, 3.63) is 0 Å². The highest BCUT2D eigenvalue weighted by Gasteiger charge is 2.33. The van der Waals surface area contributed by atoms with Gasteiger partial charge in [-0.1, -0.05) is 6.92 Å². The van der Waals surface area contributed by atoms with Crippen LogP contribution in [0, 0.1) is 11.8 Å². The molecule has 1 saturated heterocycles. The predicted octanol–water partition coefficient (Wildman–Crippen LogP) is 0.622. The van der Waals surface area contributed by atoms with E-state index in [-0.39, 0.29) is 0 Å². The molecule has 1 aliphatic heterocycles. The summed E-state index contributed by atoms with van der Waals surface area (Å²) in [5.74, 6) is 2.12. The zero-order valence-electron chi connectivity index (χ0n) is 13.3. The molecule has 21 heavy (non-hydrogen) atoms. The molecule has 0 aromatic heterocycles. The number of rotatable bonds is 5. The number of aliphatic imine (C=N–C) groups is 1. The SMILES string of the molecule is CCNC(=NCC1CCN(S(C)(=O)=O)CC1)NC1CC1C. The van der Waals surface area contributed by atoms with Crippen LogP contribution in [-0.2, 0) is 10.0 Å². The van der Waals surface area contributed by atoms with Gasteiger partial charge in [-0.15, -0.1) is 0 Å². The van der Waals surface area contributed by atoms with Crippen molar-refractivity contribution in [1.29, 1.82) is 0 Å². The van der Waals surface area contributed by atoms with Gasteiger partial charge in [-0.25, -0.2) is 12.7 Å². The summed E-state index contributed by atoms with van der Waals surface area (Å²) >= 11 is 0. The Morgan fingerprint density at radius 3 is 2.43 bits per heavy atom. The first kappa shape index (κ1) is 16.5. The van der Waals surface area contributed by atoms with Gasteiger partial charge in [-0.05, 0) is 38.0 Å². The third-order valence-corrected chi connectivity index (χ3v) is 5.63. The summed E-state index contributed by atoms with van der Waals surface area (Å²) in [6, 6.07) is 0.565. The summed E-state index contributed by atoms with van der Waals surface area (Å²) in [6.07, 6.45) is 4.30. The average molecular weight is 316 g/mol. The minimum absolute atomic E-state index is 0.482. The van der Waals surface area contributed by atoms with Gasteiger partial charge in [0.25, 0.3) is 0 Å². The van der Waals surface area contributed by atoms with Crippen molar-refractivity contribution in [1.82, 2.24) is 14.9 Å². The highest BCUT2D eigenvalue weighted by molar-refractivity contribution is 7.88. The molecule has 2 unspecified atom stereocenters. The maximum Gasteiger partial charge on any atom is 0.211 e. The molecular weight excluding hydrogens is 288 g/mol. The molecule has 0 aromatic rings. The summed E-state index contributed by atoms with van der Waals surface area (Å²) in [6.45, 7) is 7.19. The molecule has 2 aliphatic rings. The van der Waals surface area contributed by atoms with E-state index in [0.29, 0.717) is 25.0 Å². The molecule has 0 amide bonds. The lowest BCUT2D eigenvalue weighted by Gasteiger charge is -2.29. The second-order valence-electron chi connectivity index (χ2n) is 6.29. The van der Waals surface area contributed by atoms with Gasteiger partial charge in [-0.3, -0.25) is 4.99 Å². The van der Waals surface area contributed by atoms with Crippen LogP contribution in [0.25, 0.3) is 0 Å². The lowest BCUT2D eigenvalue weighted by molar-refractivity contribution is 0.280. The number of nitrogens with zero attached hydrogens (tertiary/aromatic N) is 2. The highest BCUT2D eigenvalue weighted by atomic mass is 32.2. The minimum atomic E-state index is -3.03. The van der Waals surface area contributed by atoms with Crippen LogP contribution in [0.15, 0.2) is 4.99 Å². The number of piperidine rings is 1. The van der Waals surface area contributed by atoms with Crippen LogP contribution in [-0.4, -0.2) is 57.2 Å². The molecule has 0 aromatic carbocycles. The molecule has 122 valence electrons. The third kappa shape index (κ3) is 5.14. The summed E-state index contributed by atoms with van der Waals surface area (Å²) < 4.78 is 24.5. The van der Waals surface area contributed by atoms with Crippen molar-refractivity contribution >= 4 is 16.0 Å². The van der Waals surface area contributed by atoms with Crippen LogP contribution < -0.4 is 10.6 Å². The Labute approximate surface area is 128 Å². The quantitative estimate of drug-likeness (QED) is 0.576. The molecule has 6 nitrogen and oxygen atoms in total. The molecule has 0 bridgehead atoms. The van der Waals surface area contributed by atoms with E-state index < -0.39 is 10.0 Å². The third-order valence-electron chi connectivity index (χ3n) is 4.33. The molecule has 2 fully saturated rings. The topological polar surface area (TPSA) is 73.8 Å². The van der Waals surface area contributed by atoms with Gasteiger partial charge in [0.05, 0.1) is 6.26 Å². The van der Waals surface area contributed by atoms with E-state index in [1.165, 1.54) is 12.7 Å². The summed E-state index contributed by atoms with van der Waals surface area (Å²) in [4.78, 5) is 4.67. The smallest absolute Gasteiger partial charge is 0.211 e. The van der Waals surface area contributed by atoms with E-state index in [4.69, 9.17) is 0 Å². The summed E-state index contributed by atoms with van der Waals surface area (Å²) in [5, 5.41) is 6.73. The fraction of sp³-hybridized carbons (Fsp3) is 0.929. The lowest BCUT2D eigenvalue weighted by Crippen LogP contribution is -2.41. The van der Waals surface area contributed by atoms with Crippen molar-refractivity contribution < 1.29 is 8.42 Å². The molecule has 2 N–H and O–H groups in total. The normalized spacial score (nSPS) is 28.4. The molecule has 2 rings (SSSR count). The lowest BCUT2D eigenvalue weighted by atomic mass is 9.98. The van der Waals surface area contributed by atoms with Crippen molar-refractivity contribution in [3.63, 3.8) is 0 Å². The average Bonchev–Trinajstić information content (AvgIpc) is 3.11. The maximum atomic E-state index is 11.5. The Morgan fingerprint density at radius 2 is 1.95 bits per heavy atom. The predicted molar refractivity (Wildman–Crippen MR) is 85.8 cm³/mol. The van der Waals surface area contributed by atoms with Crippen LogP contribution in [0.2, 0.25) is 0 Å². The first-order chi connectivity index (χ1) is 9.90. The maximum absolute atomic E-state index is 11.5. The molecule has 1 aliphatic carbocycles. The Balaban J connectivity index is 1.79. The van der Waals surface area contributed by atoms with Crippen LogP contribution >= 0.6 is 0 Å². The largest absolute Gasteiger partial charge is 0.357 e. The van der Waals surface area contributed by atoms with Gasteiger partial charge < -0.3 is 10.6 Å². The van der Waals surface area contributed by atoms with E-state index in [1.54, 1.807) is 4.31 Å². The Morgan fingerprint density at radius 1 is 1.33 bits per heavy atom. The highest BCUT2D eigenvalue weighted by Crippen LogP contribution is 2.28. The van der Waals surface area contributed by atoms with Gasteiger partial charge in [0.1, 0.15) is 0 Å². The van der Waals surface area contributed by atoms with Gasteiger partial charge in [-0.2, -0.15) is 0 Å². The van der Waals surface area contributed by atoms with Gasteiger partial charge in [0.15, 0.2) is 5.96 Å². The van der Waals surface area contributed by atoms with Crippen molar-refractivity contribution in [2.75, 3.05) is 32.4 Å². The first-order valence-corrected chi connectivity index (χ1v) is 9.75. The van der Waals surface area contributed by atoms with Crippen LogP contribution in [0.3, 0.4) is 0 Å². The molecule has 1 heterocycles. The van der Waals surface area contributed by atoms with Crippen molar-refractivity contribution in [3.8, 4) is 0 Å². The van der Waals surface area contributed by atoms with Crippen molar-refractivity contribution in [2.24, 2.45) is 16.8 Å². The number of hydrogen-bond acceptors (Lipinski definition) is 3. The zero-order valence-corrected chi connectivity index (χ0v) is 14.1. The second kappa shape index (κ2) is 6.96. The molecule has 7 heteroatoms. The van der Waals surface area contributed by atoms with E-state index in [1.807, 2.05) is 0 Å². The van der Waals surface area contributed by atoms with Gasteiger partial charge >= 0.3 is 0 Å². The summed E-state index contributed by atoms with van der Waals surface area (Å²) in [5.41, 5.74) is 0. The Hall–Kier alpha value is -0.820. The van der Waals surface area contributed by atoms with E-state index in [2.05, 4.69) is 29.5 Å². The number of hydrogen-bond donors (Lipinski definition) is 2. The molecular formula is C14H28N4O2S. The van der Waals surface area contributed by atoms with Gasteiger partial charge in [0.2, 0.25) is 10.0 Å². The number of nitrogens with one attached hydrogen (secondary N) is 2. The first-order valence-electron chi connectivity index (χ1n) is 7.90. The molecule has 0 radical (unpaired) electrons. The standard InChI is InChI=1S/C14H28N4O2S/c1-4-15-14(17-13-9-11(13)2)16-10-12-5-7-18(8-6-12)21(3,19)20/h11-13H,4-10H2,1-3H3,(H2,15,16,17). The zero-order chi connectivity index (χ0) is 15.5. The minimum Gasteiger partial charge on any atom is -0.357 e. The van der Waals surface area contributed by atoms with Crippen LogP contribution in [0.5, 0.6) is 0 Å². The molecule has 1 saturated carbocycles.